The second-order valence-corrected chi connectivity index (χ2v) is 5.77. The number of thiazole rings is 1. The minimum atomic E-state index is 0.431. The van der Waals surface area contributed by atoms with E-state index in [-0.39, 0.29) is 0 Å². The molecule has 1 aliphatic rings. The van der Waals surface area contributed by atoms with E-state index in [4.69, 9.17) is 11.6 Å². The molecule has 1 N–H and O–H groups in total. The molecule has 4 heteroatoms. The van der Waals surface area contributed by atoms with Crippen LogP contribution < -0.4 is 5.32 Å². The smallest absolute Gasteiger partial charge is 0.106 e. The van der Waals surface area contributed by atoms with Gasteiger partial charge in [-0.05, 0) is 38.1 Å². The Kier molecular flexibility index (Phi) is 4.42. The molecular weight excluding hydrogens is 228 g/mol. The van der Waals surface area contributed by atoms with E-state index in [2.05, 4.69) is 10.3 Å². The summed E-state index contributed by atoms with van der Waals surface area (Å²) in [7, 11) is 0. The van der Waals surface area contributed by atoms with Gasteiger partial charge < -0.3 is 5.32 Å². The van der Waals surface area contributed by atoms with Crippen LogP contribution in [0.4, 0.5) is 0 Å². The maximum atomic E-state index is 6.07. The van der Waals surface area contributed by atoms with Crippen molar-refractivity contribution in [2.45, 2.75) is 37.6 Å². The van der Waals surface area contributed by atoms with Gasteiger partial charge in [0.15, 0.2) is 0 Å². The molecule has 1 aromatic rings. The summed E-state index contributed by atoms with van der Waals surface area (Å²) in [6.07, 6.45) is 6.79. The average molecular weight is 245 g/mol. The molecule has 0 bridgehead atoms. The van der Waals surface area contributed by atoms with Crippen LogP contribution in [-0.2, 0) is 6.54 Å². The summed E-state index contributed by atoms with van der Waals surface area (Å²) in [5, 5.41) is 7.11. The molecule has 0 unspecified atom stereocenters. The monoisotopic (exact) mass is 244 g/mol. The lowest BCUT2D eigenvalue weighted by molar-refractivity contribution is 0.345. The molecule has 2 nitrogen and oxygen atoms in total. The van der Waals surface area contributed by atoms with Crippen LogP contribution in [-0.4, -0.2) is 16.9 Å². The summed E-state index contributed by atoms with van der Waals surface area (Å²) in [6.45, 7) is 2.03. The normalized spacial score (nSPS) is 26.7. The molecule has 0 saturated heterocycles. The quantitative estimate of drug-likeness (QED) is 0.824. The van der Waals surface area contributed by atoms with Crippen molar-refractivity contribution in [3.05, 3.63) is 16.6 Å². The number of alkyl halides is 1. The van der Waals surface area contributed by atoms with Crippen molar-refractivity contribution < 1.29 is 0 Å². The molecule has 0 atom stereocenters. The standard InChI is InChI=1S/C11H17ClN2S/c12-10-3-1-9(2-4-10)7-13-8-11-14-5-6-15-11/h5-6,9-10,13H,1-4,7-8H2. The van der Waals surface area contributed by atoms with E-state index in [1.807, 2.05) is 11.6 Å². The average Bonchev–Trinajstić information content (AvgIpc) is 2.74. The summed E-state index contributed by atoms with van der Waals surface area (Å²) >= 11 is 7.78. The van der Waals surface area contributed by atoms with Crippen LogP contribution in [0.5, 0.6) is 0 Å². The van der Waals surface area contributed by atoms with Gasteiger partial charge in [-0.3, -0.25) is 0 Å². The van der Waals surface area contributed by atoms with Crippen LogP contribution in [0.15, 0.2) is 11.6 Å². The van der Waals surface area contributed by atoms with E-state index < -0.39 is 0 Å². The van der Waals surface area contributed by atoms with Gasteiger partial charge in [-0.25, -0.2) is 4.98 Å². The molecule has 1 saturated carbocycles. The van der Waals surface area contributed by atoms with Crippen LogP contribution in [0.25, 0.3) is 0 Å². The Balaban J connectivity index is 1.62. The van der Waals surface area contributed by atoms with Crippen LogP contribution in [0.1, 0.15) is 30.7 Å². The van der Waals surface area contributed by atoms with Gasteiger partial charge in [0, 0.05) is 23.5 Å². The van der Waals surface area contributed by atoms with Gasteiger partial charge in [0.2, 0.25) is 0 Å². The fraction of sp³-hybridized carbons (Fsp3) is 0.727. The van der Waals surface area contributed by atoms with Crippen LogP contribution >= 0.6 is 22.9 Å². The third-order valence-electron chi connectivity index (χ3n) is 2.97. The Morgan fingerprint density at radius 2 is 2.20 bits per heavy atom. The molecule has 84 valence electrons. The molecule has 0 aromatic carbocycles. The zero-order chi connectivity index (χ0) is 10.5. The fourth-order valence-corrected chi connectivity index (χ4v) is 2.89. The summed E-state index contributed by atoms with van der Waals surface area (Å²) in [5.74, 6) is 0.819. The number of halogens is 1. The molecule has 0 aliphatic heterocycles. The first-order valence-corrected chi connectivity index (χ1v) is 6.89. The SMILES string of the molecule is ClC1CCC(CNCc2nccs2)CC1. The first-order valence-electron chi connectivity index (χ1n) is 5.58. The highest BCUT2D eigenvalue weighted by atomic mass is 35.5. The third kappa shape index (κ3) is 3.74. The maximum absolute atomic E-state index is 6.07. The van der Waals surface area contributed by atoms with Crippen molar-refractivity contribution in [3.8, 4) is 0 Å². The number of hydrogen-bond acceptors (Lipinski definition) is 3. The lowest BCUT2D eigenvalue weighted by atomic mass is 9.89. The number of rotatable bonds is 4. The molecule has 1 fully saturated rings. The molecule has 0 radical (unpaired) electrons. The number of nitrogens with zero attached hydrogens (tertiary/aromatic N) is 1. The van der Waals surface area contributed by atoms with Crippen molar-refractivity contribution in [2.24, 2.45) is 5.92 Å². The third-order valence-corrected chi connectivity index (χ3v) is 4.19. The second kappa shape index (κ2) is 5.83. The van der Waals surface area contributed by atoms with E-state index in [0.29, 0.717) is 5.38 Å². The zero-order valence-corrected chi connectivity index (χ0v) is 10.4. The largest absolute Gasteiger partial charge is 0.310 e. The zero-order valence-electron chi connectivity index (χ0n) is 8.79. The van der Waals surface area contributed by atoms with Crippen molar-refractivity contribution in [3.63, 3.8) is 0 Å². The Morgan fingerprint density at radius 3 is 2.87 bits per heavy atom. The minimum absolute atomic E-state index is 0.431. The van der Waals surface area contributed by atoms with Crippen molar-refractivity contribution in [2.75, 3.05) is 6.54 Å². The van der Waals surface area contributed by atoms with E-state index in [1.54, 1.807) is 11.3 Å². The Bertz CT molecular complexity index is 268. The molecule has 15 heavy (non-hydrogen) atoms. The predicted octanol–water partition coefficient (Wildman–Crippen LogP) is 3.03. The molecule has 2 rings (SSSR count). The fourth-order valence-electron chi connectivity index (χ4n) is 2.05. The highest BCUT2D eigenvalue weighted by molar-refractivity contribution is 7.09. The summed E-state index contributed by atoms with van der Waals surface area (Å²) in [4.78, 5) is 4.25. The number of aromatic nitrogens is 1. The first kappa shape index (κ1) is 11.4. The van der Waals surface area contributed by atoms with Gasteiger partial charge in [-0.1, -0.05) is 0 Å². The van der Waals surface area contributed by atoms with Crippen LogP contribution in [0.3, 0.4) is 0 Å². The molecule has 0 spiro atoms. The Morgan fingerprint density at radius 1 is 1.40 bits per heavy atom. The predicted molar refractivity (Wildman–Crippen MR) is 65.4 cm³/mol. The molecule has 0 amide bonds. The molecule has 1 heterocycles. The van der Waals surface area contributed by atoms with E-state index in [0.717, 1.165) is 19.0 Å². The highest BCUT2D eigenvalue weighted by Gasteiger charge is 2.18. The van der Waals surface area contributed by atoms with Gasteiger partial charge in [0.05, 0.1) is 0 Å². The van der Waals surface area contributed by atoms with Crippen molar-refractivity contribution >= 4 is 22.9 Å². The summed E-state index contributed by atoms with van der Waals surface area (Å²) in [5.41, 5.74) is 0. The van der Waals surface area contributed by atoms with E-state index in [1.165, 1.54) is 30.7 Å². The van der Waals surface area contributed by atoms with Gasteiger partial charge in [-0.2, -0.15) is 0 Å². The number of hydrogen-bond donors (Lipinski definition) is 1. The second-order valence-electron chi connectivity index (χ2n) is 4.17. The highest BCUT2D eigenvalue weighted by Crippen LogP contribution is 2.26. The van der Waals surface area contributed by atoms with Crippen LogP contribution in [0, 0.1) is 5.92 Å². The summed E-state index contributed by atoms with van der Waals surface area (Å²) in [6, 6.07) is 0. The number of nitrogens with one attached hydrogen (secondary N) is 1. The molecule has 1 aliphatic carbocycles. The maximum Gasteiger partial charge on any atom is 0.106 e. The molecule has 1 aromatic heterocycles. The first-order chi connectivity index (χ1) is 7.34. The minimum Gasteiger partial charge on any atom is -0.310 e. The van der Waals surface area contributed by atoms with Gasteiger partial charge in [-0.15, -0.1) is 22.9 Å². The van der Waals surface area contributed by atoms with Gasteiger partial charge in [0.25, 0.3) is 0 Å². The van der Waals surface area contributed by atoms with Crippen molar-refractivity contribution in [1.82, 2.24) is 10.3 Å². The summed E-state index contributed by atoms with van der Waals surface area (Å²) < 4.78 is 0. The Labute approximate surface area is 100 Å². The Hall–Kier alpha value is -0.120. The van der Waals surface area contributed by atoms with Gasteiger partial charge >= 0.3 is 0 Å². The van der Waals surface area contributed by atoms with Gasteiger partial charge in [0.1, 0.15) is 5.01 Å². The molecular formula is C11H17ClN2S. The lowest BCUT2D eigenvalue weighted by Crippen LogP contribution is -2.26. The van der Waals surface area contributed by atoms with Crippen LogP contribution in [0.2, 0.25) is 0 Å². The lowest BCUT2D eigenvalue weighted by Gasteiger charge is -2.24. The van der Waals surface area contributed by atoms with E-state index in [9.17, 15) is 0 Å². The van der Waals surface area contributed by atoms with Crippen molar-refractivity contribution in [1.29, 1.82) is 0 Å². The van der Waals surface area contributed by atoms with E-state index >= 15 is 0 Å². The topological polar surface area (TPSA) is 24.9 Å².